The van der Waals surface area contributed by atoms with Gasteiger partial charge < -0.3 is 4.42 Å². The first-order chi connectivity index (χ1) is 13.6. The first-order valence-electron chi connectivity index (χ1n) is 8.43. The third-order valence-corrected chi connectivity index (χ3v) is 5.41. The van der Waals surface area contributed by atoms with Crippen LogP contribution in [0.5, 0.6) is 0 Å². The van der Waals surface area contributed by atoms with Crippen LogP contribution in [-0.4, -0.2) is 10.9 Å². The molecule has 0 bridgehead atoms. The van der Waals surface area contributed by atoms with Gasteiger partial charge in [0.05, 0.1) is 0 Å². The van der Waals surface area contributed by atoms with Gasteiger partial charge in [0, 0.05) is 33.4 Å². The normalized spacial score (nSPS) is 11.4. The average Bonchev–Trinajstić information content (AvgIpc) is 3.28. The van der Waals surface area contributed by atoms with Gasteiger partial charge in [-0.2, -0.15) is 0 Å². The van der Waals surface area contributed by atoms with Crippen molar-refractivity contribution in [3.05, 3.63) is 87.3 Å². The first kappa shape index (κ1) is 18.6. The third-order valence-electron chi connectivity index (χ3n) is 4.00. The highest BCUT2D eigenvalue weighted by molar-refractivity contribution is 9.10. The van der Waals surface area contributed by atoms with Crippen LogP contribution in [0.2, 0.25) is 0 Å². The molecule has 4 rings (SSSR count). The molecule has 4 nitrogen and oxygen atoms in total. The Bertz CT molecular complexity index is 1180. The SMILES string of the molecule is O=C(/C=C/c1cc2cc(Br)ccc2o1)Nc1ncc(Cc2ccccc2F)s1. The summed E-state index contributed by atoms with van der Waals surface area (Å²) in [7, 11) is 0. The Kier molecular flexibility index (Phi) is 5.36. The smallest absolute Gasteiger partial charge is 0.250 e. The summed E-state index contributed by atoms with van der Waals surface area (Å²) in [5, 5.41) is 4.13. The van der Waals surface area contributed by atoms with Crippen LogP contribution in [0.25, 0.3) is 17.0 Å². The summed E-state index contributed by atoms with van der Waals surface area (Å²) in [4.78, 5) is 17.2. The monoisotopic (exact) mass is 456 g/mol. The Balaban J connectivity index is 1.40. The van der Waals surface area contributed by atoms with Crippen LogP contribution < -0.4 is 5.32 Å². The second kappa shape index (κ2) is 8.08. The first-order valence-corrected chi connectivity index (χ1v) is 10.0. The van der Waals surface area contributed by atoms with Gasteiger partial charge in [0.1, 0.15) is 17.2 Å². The topological polar surface area (TPSA) is 55.1 Å². The number of anilines is 1. The van der Waals surface area contributed by atoms with E-state index in [2.05, 4.69) is 26.2 Å². The molecule has 0 atom stereocenters. The van der Waals surface area contributed by atoms with E-state index in [0.29, 0.717) is 22.9 Å². The van der Waals surface area contributed by atoms with Gasteiger partial charge in [-0.15, -0.1) is 11.3 Å². The minimum atomic E-state index is -0.312. The molecule has 0 fully saturated rings. The molecule has 0 unspecified atom stereocenters. The number of rotatable bonds is 5. The van der Waals surface area contributed by atoms with Crippen LogP contribution in [-0.2, 0) is 11.2 Å². The summed E-state index contributed by atoms with van der Waals surface area (Å²) in [6, 6.07) is 14.2. The van der Waals surface area contributed by atoms with E-state index in [0.717, 1.165) is 20.3 Å². The number of nitrogens with one attached hydrogen (secondary N) is 1. The molecule has 28 heavy (non-hydrogen) atoms. The molecule has 1 N–H and O–H groups in total. The number of fused-ring (bicyclic) bond motifs is 1. The molecule has 7 heteroatoms. The molecule has 2 aromatic heterocycles. The number of carbonyl (C=O) groups is 1. The van der Waals surface area contributed by atoms with Crippen molar-refractivity contribution in [2.45, 2.75) is 6.42 Å². The van der Waals surface area contributed by atoms with Gasteiger partial charge in [-0.05, 0) is 42.0 Å². The highest BCUT2D eigenvalue weighted by Gasteiger charge is 2.08. The molecule has 0 aliphatic rings. The predicted molar refractivity (Wildman–Crippen MR) is 113 cm³/mol. The van der Waals surface area contributed by atoms with Crippen molar-refractivity contribution in [1.29, 1.82) is 0 Å². The molecule has 4 aromatic rings. The van der Waals surface area contributed by atoms with Crippen molar-refractivity contribution < 1.29 is 13.6 Å². The van der Waals surface area contributed by atoms with E-state index >= 15 is 0 Å². The van der Waals surface area contributed by atoms with Gasteiger partial charge in [0.25, 0.3) is 0 Å². The zero-order chi connectivity index (χ0) is 19.5. The largest absolute Gasteiger partial charge is 0.457 e. The van der Waals surface area contributed by atoms with E-state index < -0.39 is 0 Å². The zero-order valence-corrected chi connectivity index (χ0v) is 16.9. The quantitative estimate of drug-likeness (QED) is 0.372. The van der Waals surface area contributed by atoms with Gasteiger partial charge in [-0.25, -0.2) is 9.37 Å². The van der Waals surface area contributed by atoms with Gasteiger partial charge in [0.2, 0.25) is 5.91 Å². The minimum Gasteiger partial charge on any atom is -0.457 e. The molecule has 0 radical (unpaired) electrons. The highest BCUT2D eigenvalue weighted by atomic mass is 79.9. The predicted octanol–water partition coefficient (Wildman–Crippen LogP) is 6.03. The van der Waals surface area contributed by atoms with Crippen LogP contribution in [0.15, 0.2) is 69.7 Å². The van der Waals surface area contributed by atoms with Gasteiger partial charge in [0.15, 0.2) is 5.13 Å². The second-order valence-electron chi connectivity index (χ2n) is 6.05. The molecule has 0 saturated heterocycles. The Morgan fingerprint density at radius 2 is 2.11 bits per heavy atom. The summed E-state index contributed by atoms with van der Waals surface area (Å²) in [5.74, 6) is 0.0262. The average molecular weight is 457 g/mol. The summed E-state index contributed by atoms with van der Waals surface area (Å²) < 4.78 is 20.4. The molecule has 2 heterocycles. The number of amides is 1. The van der Waals surface area contributed by atoms with Crippen molar-refractivity contribution in [2.24, 2.45) is 0 Å². The maximum Gasteiger partial charge on any atom is 0.250 e. The highest BCUT2D eigenvalue weighted by Crippen LogP contribution is 2.25. The van der Waals surface area contributed by atoms with E-state index in [9.17, 15) is 9.18 Å². The number of thiazole rings is 1. The van der Waals surface area contributed by atoms with Crippen LogP contribution in [0.4, 0.5) is 9.52 Å². The maximum absolute atomic E-state index is 13.7. The van der Waals surface area contributed by atoms with Crippen molar-refractivity contribution in [1.82, 2.24) is 4.98 Å². The number of carbonyl (C=O) groups excluding carboxylic acids is 1. The Labute approximate surface area is 172 Å². The van der Waals surface area contributed by atoms with Crippen molar-refractivity contribution in [3.8, 4) is 0 Å². The molecular weight excluding hydrogens is 443 g/mol. The van der Waals surface area contributed by atoms with Crippen LogP contribution in [0.1, 0.15) is 16.2 Å². The fourth-order valence-corrected chi connectivity index (χ4v) is 3.92. The van der Waals surface area contributed by atoms with E-state index in [4.69, 9.17) is 4.42 Å². The minimum absolute atomic E-state index is 0.248. The summed E-state index contributed by atoms with van der Waals surface area (Å²) in [6.45, 7) is 0. The van der Waals surface area contributed by atoms with Crippen molar-refractivity contribution in [2.75, 3.05) is 5.32 Å². The van der Waals surface area contributed by atoms with Crippen molar-refractivity contribution in [3.63, 3.8) is 0 Å². The Morgan fingerprint density at radius 1 is 1.25 bits per heavy atom. The number of hydrogen-bond acceptors (Lipinski definition) is 4. The summed E-state index contributed by atoms with van der Waals surface area (Å²) in [6.07, 6.45) is 5.08. The third kappa shape index (κ3) is 4.37. The van der Waals surface area contributed by atoms with Gasteiger partial charge in [-0.1, -0.05) is 34.1 Å². The lowest BCUT2D eigenvalue weighted by molar-refractivity contribution is -0.111. The number of halogens is 2. The molecule has 0 aliphatic heterocycles. The fourth-order valence-electron chi connectivity index (χ4n) is 2.70. The van der Waals surface area contributed by atoms with Gasteiger partial charge >= 0.3 is 0 Å². The van der Waals surface area contributed by atoms with Crippen LogP contribution in [0, 0.1) is 5.82 Å². The van der Waals surface area contributed by atoms with E-state index in [1.807, 2.05) is 24.3 Å². The standard InChI is InChI=1S/C21H14BrFN2O2S/c22-15-5-7-19-14(9-15)10-16(27-19)6-8-20(26)25-21-24-12-17(28-21)11-13-3-1-2-4-18(13)23/h1-10,12H,11H2,(H,24,25,26)/b8-6+. The Morgan fingerprint density at radius 3 is 2.96 bits per heavy atom. The zero-order valence-electron chi connectivity index (χ0n) is 14.5. The second-order valence-corrected chi connectivity index (χ2v) is 8.08. The van der Waals surface area contributed by atoms with E-state index in [1.165, 1.54) is 23.5 Å². The molecule has 1 amide bonds. The van der Waals surface area contributed by atoms with Crippen LogP contribution >= 0.6 is 27.3 Å². The lowest BCUT2D eigenvalue weighted by Gasteiger charge is -1.99. The molecule has 0 spiro atoms. The maximum atomic E-state index is 13.7. The lowest BCUT2D eigenvalue weighted by atomic mass is 10.1. The lowest BCUT2D eigenvalue weighted by Crippen LogP contribution is -2.06. The van der Waals surface area contributed by atoms with E-state index in [1.54, 1.807) is 30.5 Å². The molecule has 2 aromatic carbocycles. The fraction of sp³-hybridized carbons (Fsp3) is 0.0476. The number of aromatic nitrogens is 1. The number of benzene rings is 2. The molecular formula is C21H14BrFN2O2S. The van der Waals surface area contributed by atoms with Crippen molar-refractivity contribution >= 4 is 55.4 Å². The van der Waals surface area contributed by atoms with E-state index in [-0.39, 0.29) is 11.7 Å². The molecule has 0 saturated carbocycles. The number of furan rings is 1. The summed E-state index contributed by atoms with van der Waals surface area (Å²) in [5.41, 5.74) is 1.35. The van der Waals surface area contributed by atoms with Crippen LogP contribution in [0.3, 0.4) is 0 Å². The number of nitrogens with zero attached hydrogens (tertiary/aromatic N) is 1. The summed E-state index contributed by atoms with van der Waals surface area (Å²) >= 11 is 4.74. The Hall–Kier alpha value is -2.77. The van der Waals surface area contributed by atoms with Gasteiger partial charge in [-0.3, -0.25) is 10.1 Å². The molecule has 0 aliphatic carbocycles. The molecule has 140 valence electrons. The number of hydrogen-bond donors (Lipinski definition) is 1.